The zero-order valence-electron chi connectivity index (χ0n) is 9.59. The zero-order chi connectivity index (χ0) is 11.8. The van der Waals surface area contributed by atoms with Gasteiger partial charge in [-0.1, -0.05) is 12.1 Å². The quantitative estimate of drug-likeness (QED) is 0.722. The highest BCUT2D eigenvalue weighted by molar-refractivity contribution is 5.26. The fourth-order valence-corrected chi connectivity index (χ4v) is 1.54. The van der Waals surface area contributed by atoms with Gasteiger partial charge in [0.25, 0.3) is 0 Å². The van der Waals surface area contributed by atoms with Gasteiger partial charge in [-0.3, -0.25) is 4.90 Å². The second-order valence-electron chi connectivity index (χ2n) is 3.66. The number of benzene rings is 1. The summed E-state index contributed by atoms with van der Waals surface area (Å²) in [5.74, 6) is 0.271. The molecule has 16 heavy (non-hydrogen) atoms. The first-order chi connectivity index (χ1) is 7.76. The summed E-state index contributed by atoms with van der Waals surface area (Å²) >= 11 is 0. The molecule has 0 atom stereocenters. The Balaban J connectivity index is 2.52. The Labute approximate surface area is 96.1 Å². The van der Waals surface area contributed by atoms with Gasteiger partial charge in [0.2, 0.25) is 0 Å². The van der Waals surface area contributed by atoms with E-state index in [2.05, 4.69) is 4.90 Å². The summed E-state index contributed by atoms with van der Waals surface area (Å²) in [7, 11) is 1.66. The molecule has 0 saturated heterocycles. The number of ether oxygens (including phenoxy) is 1. The molecule has 1 aromatic carbocycles. The molecule has 0 bridgehead atoms. The van der Waals surface area contributed by atoms with Crippen LogP contribution < -0.4 is 0 Å². The van der Waals surface area contributed by atoms with Gasteiger partial charge in [0.1, 0.15) is 5.75 Å². The first kappa shape index (κ1) is 13.0. The number of aliphatic hydroxyl groups is 1. The molecule has 1 aromatic rings. The number of aromatic hydroxyl groups is 1. The number of hydrogen-bond acceptors (Lipinski definition) is 4. The summed E-state index contributed by atoms with van der Waals surface area (Å²) in [5.41, 5.74) is 1.03. The van der Waals surface area contributed by atoms with Gasteiger partial charge in [-0.15, -0.1) is 0 Å². The monoisotopic (exact) mass is 225 g/mol. The summed E-state index contributed by atoms with van der Waals surface area (Å²) in [4.78, 5) is 2.08. The van der Waals surface area contributed by atoms with Crippen molar-refractivity contribution in [2.24, 2.45) is 0 Å². The van der Waals surface area contributed by atoms with E-state index in [1.807, 2.05) is 12.1 Å². The third-order valence-electron chi connectivity index (χ3n) is 2.34. The van der Waals surface area contributed by atoms with Gasteiger partial charge < -0.3 is 14.9 Å². The van der Waals surface area contributed by atoms with E-state index in [4.69, 9.17) is 9.84 Å². The Kier molecular flexibility index (Phi) is 5.85. The van der Waals surface area contributed by atoms with Crippen LogP contribution in [0.25, 0.3) is 0 Å². The third kappa shape index (κ3) is 4.61. The average Bonchev–Trinajstić information content (AvgIpc) is 2.26. The lowest BCUT2D eigenvalue weighted by Crippen LogP contribution is -2.29. The Hall–Kier alpha value is -1.10. The van der Waals surface area contributed by atoms with Crippen LogP contribution >= 0.6 is 0 Å². The molecule has 2 N–H and O–H groups in total. The van der Waals surface area contributed by atoms with Gasteiger partial charge in [0.05, 0.1) is 13.2 Å². The maximum atomic E-state index is 9.34. The molecule has 0 aliphatic carbocycles. The molecule has 90 valence electrons. The SMILES string of the molecule is COCCN(CCO)Cc1cccc(O)c1. The Morgan fingerprint density at radius 2 is 2.12 bits per heavy atom. The molecule has 1 rings (SSSR count). The van der Waals surface area contributed by atoms with Crippen LogP contribution in [-0.2, 0) is 11.3 Å². The fraction of sp³-hybridized carbons (Fsp3) is 0.500. The number of phenolic OH excluding ortho intramolecular Hbond substituents is 1. The number of rotatable bonds is 7. The number of hydrogen-bond donors (Lipinski definition) is 2. The fourth-order valence-electron chi connectivity index (χ4n) is 1.54. The minimum Gasteiger partial charge on any atom is -0.508 e. The van der Waals surface area contributed by atoms with E-state index < -0.39 is 0 Å². The van der Waals surface area contributed by atoms with Crippen LogP contribution in [0.3, 0.4) is 0 Å². The predicted molar refractivity (Wildman–Crippen MR) is 62.3 cm³/mol. The van der Waals surface area contributed by atoms with Gasteiger partial charge in [-0.25, -0.2) is 0 Å². The molecule has 0 aliphatic heterocycles. The zero-order valence-corrected chi connectivity index (χ0v) is 9.59. The standard InChI is InChI=1S/C12H19NO3/c1-16-8-6-13(5-7-14)10-11-3-2-4-12(15)9-11/h2-4,9,14-15H,5-8,10H2,1H3. The summed E-state index contributed by atoms with van der Waals surface area (Å²) in [6.45, 7) is 2.85. The van der Waals surface area contributed by atoms with Gasteiger partial charge in [0.15, 0.2) is 0 Å². The molecule has 0 aromatic heterocycles. The summed E-state index contributed by atoms with van der Waals surface area (Å²) in [6.07, 6.45) is 0. The molecule has 0 spiro atoms. The smallest absolute Gasteiger partial charge is 0.115 e. The normalized spacial score (nSPS) is 10.9. The van der Waals surface area contributed by atoms with E-state index in [-0.39, 0.29) is 12.4 Å². The van der Waals surface area contributed by atoms with Crippen molar-refractivity contribution in [2.75, 3.05) is 33.4 Å². The Morgan fingerprint density at radius 3 is 2.75 bits per heavy atom. The predicted octanol–water partition coefficient (Wildman–Crippen LogP) is 0.833. The highest BCUT2D eigenvalue weighted by Crippen LogP contribution is 2.12. The lowest BCUT2D eigenvalue weighted by molar-refractivity contribution is 0.127. The van der Waals surface area contributed by atoms with Crippen LogP contribution in [-0.4, -0.2) is 48.5 Å². The van der Waals surface area contributed by atoms with Gasteiger partial charge in [0, 0.05) is 26.7 Å². The van der Waals surface area contributed by atoms with Gasteiger partial charge in [-0.2, -0.15) is 0 Å². The first-order valence-corrected chi connectivity index (χ1v) is 5.36. The van der Waals surface area contributed by atoms with Crippen molar-refractivity contribution >= 4 is 0 Å². The van der Waals surface area contributed by atoms with Crippen molar-refractivity contribution in [1.82, 2.24) is 4.90 Å². The number of phenols is 1. The summed E-state index contributed by atoms with van der Waals surface area (Å²) in [6, 6.07) is 7.15. The number of aliphatic hydroxyl groups excluding tert-OH is 1. The van der Waals surface area contributed by atoms with E-state index in [9.17, 15) is 5.11 Å². The molecule has 0 aliphatic rings. The Morgan fingerprint density at radius 1 is 1.31 bits per heavy atom. The first-order valence-electron chi connectivity index (χ1n) is 5.36. The second-order valence-corrected chi connectivity index (χ2v) is 3.66. The van der Waals surface area contributed by atoms with Gasteiger partial charge in [-0.05, 0) is 17.7 Å². The summed E-state index contributed by atoms with van der Waals surface area (Å²) in [5, 5.41) is 18.3. The largest absolute Gasteiger partial charge is 0.508 e. The molecule has 0 amide bonds. The van der Waals surface area contributed by atoms with Crippen molar-refractivity contribution in [3.05, 3.63) is 29.8 Å². The van der Waals surface area contributed by atoms with Crippen LogP contribution in [0.4, 0.5) is 0 Å². The van der Waals surface area contributed by atoms with E-state index in [1.165, 1.54) is 0 Å². The molecule has 0 fully saturated rings. The lowest BCUT2D eigenvalue weighted by Gasteiger charge is -2.20. The van der Waals surface area contributed by atoms with E-state index in [0.717, 1.165) is 12.1 Å². The van der Waals surface area contributed by atoms with Crippen molar-refractivity contribution in [3.8, 4) is 5.75 Å². The molecular formula is C12H19NO3. The van der Waals surface area contributed by atoms with Crippen molar-refractivity contribution in [3.63, 3.8) is 0 Å². The van der Waals surface area contributed by atoms with E-state index in [0.29, 0.717) is 19.7 Å². The van der Waals surface area contributed by atoms with Crippen LogP contribution in [0.5, 0.6) is 5.75 Å². The Bertz CT molecular complexity index is 304. The molecule has 0 saturated carbocycles. The maximum absolute atomic E-state index is 9.34. The number of nitrogens with zero attached hydrogens (tertiary/aromatic N) is 1. The highest BCUT2D eigenvalue weighted by Gasteiger charge is 2.05. The lowest BCUT2D eigenvalue weighted by atomic mass is 10.2. The molecule has 0 heterocycles. The van der Waals surface area contributed by atoms with Crippen LogP contribution in [0.2, 0.25) is 0 Å². The van der Waals surface area contributed by atoms with E-state index in [1.54, 1.807) is 19.2 Å². The second kappa shape index (κ2) is 7.22. The number of methoxy groups -OCH3 is 1. The van der Waals surface area contributed by atoms with Crippen molar-refractivity contribution in [1.29, 1.82) is 0 Å². The van der Waals surface area contributed by atoms with Crippen LogP contribution in [0.1, 0.15) is 5.56 Å². The third-order valence-corrected chi connectivity index (χ3v) is 2.34. The van der Waals surface area contributed by atoms with E-state index >= 15 is 0 Å². The molecule has 4 nitrogen and oxygen atoms in total. The molecule has 0 unspecified atom stereocenters. The maximum Gasteiger partial charge on any atom is 0.115 e. The molecule has 4 heteroatoms. The minimum atomic E-state index is 0.128. The minimum absolute atomic E-state index is 0.128. The van der Waals surface area contributed by atoms with Crippen LogP contribution in [0.15, 0.2) is 24.3 Å². The highest BCUT2D eigenvalue weighted by atomic mass is 16.5. The topological polar surface area (TPSA) is 52.9 Å². The van der Waals surface area contributed by atoms with Crippen molar-refractivity contribution < 1.29 is 14.9 Å². The molecular weight excluding hydrogens is 206 g/mol. The summed E-state index contributed by atoms with van der Waals surface area (Å²) < 4.78 is 5.01. The molecule has 0 radical (unpaired) electrons. The van der Waals surface area contributed by atoms with Crippen molar-refractivity contribution in [2.45, 2.75) is 6.54 Å². The van der Waals surface area contributed by atoms with Crippen LogP contribution in [0, 0.1) is 0 Å². The average molecular weight is 225 g/mol. The van der Waals surface area contributed by atoms with Gasteiger partial charge >= 0.3 is 0 Å².